The molecule has 0 unspecified atom stereocenters. The second kappa shape index (κ2) is 6.82. The highest BCUT2D eigenvalue weighted by Gasteiger charge is 2.06. The minimum Gasteiger partial charge on any atom is -0.497 e. The molecule has 0 saturated carbocycles. The summed E-state index contributed by atoms with van der Waals surface area (Å²) in [6.07, 6.45) is 0. The van der Waals surface area contributed by atoms with Crippen molar-refractivity contribution in [2.45, 2.75) is 0 Å². The van der Waals surface area contributed by atoms with Crippen LogP contribution in [-0.4, -0.2) is 19.6 Å². The van der Waals surface area contributed by atoms with E-state index >= 15 is 0 Å². The normalized spacial score (nSPS) is 9.90. The Balaban J connectivity index is 1.91. The van der Waals surface area contributed by atoms with Gasteiger partial charge in [0, 0.05) is 11.8 Å². The molecule has 2 aromatic carbocycles. The van der Waals surface area contributed by atoms with Gasteiger partial charge in [0.05, 0.1) is 12.1 Å². The van der Waals surface area contributed by atoms with Gasteiger partial charge in [0.25, 0.3) is 5.91 Å². The van der Waals surface area contributed by atoms with Crippen LogP contribution in [0.2, 0.25) is 5.02 Å². The first kappa shape index (κ1) is 14.2. The lowest BCUT2D eigenvalue weighted by molar-refractivity contribution is -0.118. The van der Waals surface area contributed by atoms with Crippen molar-refractivity contribution in [3.63, 3.8) is 0 Å². The zero-order valence-corrected chi connectivity index (χ0v) is 11.7. The van der Waals surface area contributed by atoms with Gasteiger partial charge >= 0.3 is 0 Å². The van der Waals surface area contributed by atoms with Crippen LogP contribution >= 0.6 is 11.6 Å². The van der Waals surface area contributed by atoms with E-state index in [4.69, 9.17) is 21.1 Å². The number of halogens is 1. The van der Waals surface area contributed by atoms with E-state index in [1.807, 2.05) is 0 Å². The standard InChI is InChI=1S/C15H14ClNO3/c1-19-12-6-4-5-11(9-12)17-15(18)10-20-14-8-3-2-7-13(14)16/h2-9H,10H2,1H3,(H,17,18). The molecule has 0 aliphatic heterocycles. The van der Waals surface area contributed by atoms with Crippen molar-refractivity contribution in [2.24, 2.45) is 0 Å². The van der Waals surface area contributed by atoms with Crippen molar-refractivity contribution in [3.8, 4) is 11.5 Å². The van der Waals surface area contributed by atoms with Crippen molar-refractivity contribution in [1.82, 2.24) is 0 Å². The Hall–Kier alpha value is -2.20. The lowest BCUT2D eigenvalue weighted by atomic mass is 10.3. The van der Waals surface area contributed by atoms with Gasteiger partial charge in [-0.1, -0.05) is 29.8 Å². The molecule has 1 N–H and O–H groups in total. The van der Waals surface area contributed by atoms with Crippen LogP contribution in [0.1, 0.15) is 0 Å². The first-order valence-electron chi connectivity index (χ1n) is 6.00. The minimum atomic E-state index is -0.266. The fourth-order valence-electron chi connectivity index (χ4n) is 1.60. The van der Waals surface area contributed by atoms with Crippen molar-refractivity contribution in [3.05, 3.63) is 53.6 Å². The number of methoxy groups -OCH3 is 1. The molecule has 4 nitrogen and oxygen atoms in total. The molecule has 2 aromatic rings. The van der Waals surface area contributed by atoms with Gasteiger partial charge in [-0.05, 0) is 24.3 Å². The minimum absolute atomic E-state index is 0.110. The molecular weight excluding hydrogens is 278 g/mol. The largest absolute Gasteiger partial charge is 0.497 e. The third-order valence-corrected chi connectivity index (χ3v) is 2.86. The summed E-state index contributed by atoms with van der Waals surface area (Å²) in [6, 6.07) is 14.1. The van der Waals surface area contributed by atoms with Gasteiger partial charge in [0.2, 0.25) is 0 Å². The van der Waals surface area contributed by atoms with E-state index < -0.39 is 0 Å². The first-order valence-corrected chi connectivity index (χ1v) is 6.38. The molecule has 0 bridgehead atoms. The zero-order valence-electron chi connectivity index (χ0n) is 10.9. The smallest absolute Gasteiger partial charge is 0.262 e. The van der Waals surface area contributed by atoms with Crippen LogP contribution in [0.4, 0.5) is 5.69 Å². The summed E-state index contributed by atoms with van der Waals surface area (Å²) < 4.78 is 10.4. The number of anilines is 1. The molecule has 104 valence electrons. The van der Waals surface area contributed by atoms with E-state index in [1.165, 1.54) is 0 Å². The predicted molar refractivity (Wildman–Crippen MR) is 78.6 cm³/mol. The summed E-state index contributed by atoms with van der Waals surface area (Å²) in [6.45, 7) is -0.110. The summed E-state index contributed by atoms with van der Waals surface area (Å²) in [5.41, 5.74) is 0.650. The van der Waals surface area contributed by atoms with E-state index in [2.05, 4.69) is 5.32 Å². The fourth-order valence-corrected chi connectivity index (χ4v) is 1.79. The molecule has 5 heteroatoms. The molecule has 0 aromatic heterocycles. The number of carbonyl (C=O) groups excluding carboxylic acids is 1. The molecule has 20 heavy (non-hydrogen) atoms. The Labute approximate surface area is 122 Å². The van der Waals surface area contributed by atoms with Gasteiger partial charge < -0.3 is 14.8 Å². The summed E-state index contributed by atoms with van der Waals surface area (Å²) in [5.74, 6) is 0.892. The summed E-state index contributed by atoms with van der Waals surface area (Å²) in [5, 5.41) is 3.19. The maximum atomic E-state index is 11.8. The van der Waals surface area contributed by atoms with Gasteiger partial charge in [0.1, 0.15) is 11.5 Å². The van der Waals surface area contributed by atoms with Crippen LogP contribution in [0, 0.1) is 0 Å². The number of amides is 1. The molecule has 0 radical (unpaired) electrons. The number of hydrogen-bond donors (Lipinski definition) is 1. The highest BCUT2D eigenvalue weighted by molar-refractivity contribution is 6.32. The SMILES string of the molecule is COc1cccc(NC(=O)COc2ccccc2Cl)c1. The van der Waals surface area contributed by atoms with E-state index in [-0.39, 0.29) is 12.5 Å². The second-order valence-electron chi connectivity index (χ2n) is 4.00. The highest BCUT2D eigenvalue weighted by atomic mass is 35.5. The fraction of sp³-hybridized carbons (Fsp3) is 0.133. The maximum absolute atomic E-state index is 11.8. The molecule has 0 aliphatic rings. The average Bonchev–Trinajstić information content (AvgIpc) is 2.46. The lowest BCUT2D eigenvalue weighted by Gasteiger charge is -2.09. The number of para-hydroxylation sites is 1. The Morgan fingerprint density at radius 1 is 1.20 bits per heavy atom. The number of carbonyl (C=O) groups is 1. The Kier molecular flexibility index (Phi) is 4.85. The van der Waals surface area contributed by atoms with Crippen LogP contribution in [0.5, 0.6) is 11.5 Å². The maximum Gasteiger partial charge on any atom is 0.262 e. The Morgan fingerprint density at radius 2 is 2.00 bits per heavy atom. The Bertz CT molecular complexity index is 601. The first-order chi connectivity index (χ1) is 9.69. The van der Waals surface area contributed by atoms with Crippen LogP contribution in [0.3, 0.4) is 0 Å². The number of rotatable bonds is 5. The second-order valence-corrected chi connectivity index (χ2v) is 4.41. The number of nitrogens with one attached hydrogen (secondary N) is 1. The van der Waals surface area contributed by atoms with Crippen molar-refractivity contribution < 1.29 is 14.3 Å². The molecule has 0 fully saturated rings. The molecule has 0 aliphatic carbocycles. The Morgan fingerprint density at radius 3 is 2.75 bits per heavy atom. The van der Waals surface area contributed by atoms with E-state index in [0.717, 1.165) is 0 Å². The summed E-state index contributed by atoms with van der Waals surface area (Å²) in [4.78, 5) is 11.8. The van der Waals surface area contributed by atoms with Crippen LogP contribution in [0.15, 0.2) is 48.5 Å². The molecule has 0 saturated heterocycles. The quantitative estimate of drug-likeness (QED) is 0.919. The topological polar surface area (TPSA) is 47.6 Å². The number of hydrogen-bond acceptors (Lipinski definition) is 3. The van der Waals surface area contributed by atoms with Crippen LogP contribution < -0.4 is 14.8 Å². The number of benzene rings is 2. The highest BCUT2D eigenvalue weighted by Crippen LogP contribution is 2.23. The molecule has 0 heterocycles. The molecule has 1 amide bonds. The molecule has 0 spiro atoms. The third-order valence-electron chi connectivity index (χ3n) is 2.55. The monoisotopic (exact) mass is 291 g/mol. The average molecular weight is 292 g/mol. The van der Waals surface area contributed by atoms with Gasteiger partial charge in [-0.2, -0.15) is 0 Å². The van der Waals surface area contributed by atoms with Gasteiger partial charge in [-0.3, -0.25) is 4.79 Å². The summed E-state index contributed by atoms with van der Waals surface area (Å²) in [7, 11) is 1.57. The lowest BCUT2D eigenvalue weighted by Crippen LogP contribution is -2.20. The molecule has 0 atom stereocenters. The van der Waals surface area contributed by atoms with Crippen molar-refractivity contribution >= 4 is 23.2 Å². The molecule has 2 rings (SSSR count). The van der Waals surface area contributed by atoms with E-state index in [9.17, 15) is 4.79 Å². The molecular formula is C15H14ClNO3. The number of ether oxygens (including phenoxy) is 2. The van der Waals surface area contributed by atoms with Gasteiger partial charge in [0.15, 0.2) is 6.61 Å². The van der Waals surface area contributed by atoms with E-state index in [0.29, 0.717) is 22.2 Å². The third kappa shape index (κ3) is 3.90. The van der Waals surface area contributed by atoms with Gasteiger partial charge in [-0.15, -0.1) is 0 Å². The van der Waals surface area contributed by atoms with Crippen LogP contribution in [-0.2, 0) is 4.79 Å². The summed E-state index contributed by atoms with van der Waals surface area (Å²) >= 11 is 5.93. The zero-order chi connectivity index (χ0) is 14.4. The predicted octanol–water partition coefficient (Wildman–Crippen LogP) is 3.37. The van der Waals surface area contributed by atoms with E-state index in [1.54, 1.807) is 55.6 Å². The van der Waals surface area contributed by atoms with Gasteiger partial charge in [-0.25, -0.2) is 0 Å². The van der Waals surface area contributed by atoms with Crippen molar-refractivity contribution in [2.75, 3.05) is 19.0 Å². The van der Waals surface area contributed by atoms with Crippen molar-refractivity contribution in [1.29, 1.82) is 0 Å². The van der Waals surface area contributed by atoms with Crippen LogP contribution in [0.25, 0.3) is 0 Å².